The summed E-state index contributed by atoms with van der Waals surface area (Å²) in [4.78, 5) is 14.9. The molecule has 0 radical (unpaired) electrons. The zero-order valence-corrected chi connectivity index (χ0v) is 20.4. The topological polar surface area (TPSA) is 93.0 Å². The average molecular weight is 463 g/mol. The van der Waals surface area contributed by atoms with Crippen molar-refractivity contribution in [3.05, 3.63) is 70.8 Å². The predicted molar refractivity (Wildman–Crippen MR) is 138 cm³/mol. The normalized spacial score (nSPS) is 13.6. The molecule has 4 N–H and O–H groups in total. The Labute approximate surface area is 201 Å². The van der Waals surface area contributed by atoms with Crippen LogP contribution in [0.2, 0.25) is 0 Å². The third-order valence-electron chi connectivity index (χ3n) is 5.89. The molecule has 3 rings (SSSR count). The molecular weight excluding hydrogens is 428 g/mol. The first-order chi connectivity index (χ1) is 16.2. The minimum atomic E-state index is -0.332. The van der Waals surface area contributed by atoms with Crippen LogP contribution in [0.4, 0.5) is 17.1 Å². The fraction of sp³-hybridized carbons (Fsp3) is 0.321. The van der Waals surface area contributed by atoms with Crippen LogP contribution in [0.5, 0.6) is 17.2 Å². The number of phenols is 3. The van der Waals surface area contributed by atoms with Gasteiger partial charge in [0, 0.05) is 18.7 Å². The third-order valence-corrected chi connectivity index (χ3v) is 5.89. The van der Waals surface area contributed by atoms with Gasteiger partial charge >= 0.3 is 0 Å². The van der Waals surface area contributed by atoms with E-state index in [0.717, 1.165) is 31.3 Å². The summed E-state index contributed by atoms with van der Waals surface area (Å²) < 4.78 is 0. The summed E-state index contributed by atoms with van der Waals surface area (Å²) in [5.74, 6) is -0.787. The lowest BCUT2D eigenvalue weighted by molar-refractivity contribution is 0.0991. The number of nitrogens with one attached hydrogen (secondary N) is 1. The van der Waals surface area contributed by atoms with Crippen LogP contribution in [-0.2, 0) is 0 Å². The van der Waals surface area contributed by atoms with Gasteiger partial charge in [-0.25, -0.2) is 0 Å². The molecule has 2 aromatic carbocycles. The van der Waals surface area contributed by atoms with Crippen LogP contribution in [0.15, 0.2) is 65.3 Å². The summed E-state index contributed by atoms with van der Waals surface area (Å²) in [7, 11) is 0. The molecular formula is C28H34N2O4. The van der Waals surface area contributed by atoms with Crippen LogP contribution in [0.3, 0.4) is 0 Å². The zero-order chi connectivity index (χ0) is 24.8. The highest BCUT2D eigenvalue weighted by Gasteiger charge is 2.29. The first kappa shape index (κ1) is 25.0. The molecule has 0 unspecified atom stereocenters. The number of amides is 1. The molecule has 1 heterocycles. The lowest BCUT2D eigenvalue weighted by Crippen LogP contribution is -2.30. The number of rotatable bonds is 8. The van der Waals surface area contributed by atoms with Gasteiger partial charge < -0.3 is 25.5 Å². The van der Waals surface area contributed by atoms with Crippen molar-refractivity contribution >= 4 is 23.0 Å². The van der Waals surface area contributed by atoms with E-state index in [1.54, 1.807) is 12.1 Å². The molecule has 0 aromatic heterocycles. The molecule has 2 aromatic rings. The van der Waals surface area contributed by atoms with Gasteiger partial charge in [-0.1, -0.05) is 41.0 Å². The molecule has 0 fully saturated rings. The van der Waals surface area contributed by atoms with Crippen molar-refractivity contribution in [1.29, 1.82) is 0 Å². The first-order valence-corrected chi connectivity index (χ1v) is 11.6. The molecule has 0 saturated carbocycles. The second-order valence-electron chi connectivity index (χ2n) is 9.06. The molecule has 1 aliphatic heterocycles. The highest BCUT2D eigenvalue weighted by atomic mass is 16.3. The number of hydrogen-bond donors (Lipinski definition) is 4. The first-order valence-electron chi connectivity index (χ1n) is 11.6. The maximum Gasteiger partial charge on any atom is 0.260 e. The van der Waals surface area contributed by atoms with Gasteiger partial charge in [0.25, 0.3) is 5.91 Å². The maximum absolute atomic E-state index is 13.4. The Kier molecular flexibility index (Phi) is 8.05. The fourth-order valence-corrected chi connectivity index (χ4v) is 3.94. The van der Waals surface area contributed by atoms with Crippen LogP contribution in [0.1, 0.15) is 63.7 Å². The monoisotopic (exact) mass is 462 g/mol. The fourth-order valence-electron chi connectivity index (χ4n) is 3.94. The van der Waals surface area contributed by atoms with Gasteiger partial charge in [-0.05, 0) is 65.5 Å². The van der Waals surface area contributed by atoms with E-state index in [1.165, 1.54) is 34.2 Å². The van der Waals surface area contributed by atoms with Gasteiger partial charge in [0.1, 0.15) is 22.9 Å². The van der Waals surface area contributed by atoms with E-state index < -0.39 is 0 Å². The molecule has 1 amide bonds. The van der Waals surface area contributed by atoms with Crippen LogP contribution < -0.4 is 10.2 Å². The summed E-state index contributed by atoms with van der Waals surface area (Å²) in [6, 6.07) is 7.34. The van der Waals surface area contributed by atoms with Crippen molar-refractivity contribution in [1.82, 2.24) is 0 Å². The van der Waals surface area contributed by atoms with E-state index in [4.69, 9.17) is 0 Å². The number of fused-ring (bicyclic) bond motifs is 2. The Bertz CT molecular complexity index is 1160. The van der Waals surface area contributed by atoms with Crippen molar-refractivity contribution in [3.63, 3.8) is 0 Å². The number of allylic oxidation sites excluding steroid dienone is 5. The Hall–Kier alpha value is -3.67. The highest BCUT2D eigenvalue weighted by molar-refractivity contribution is 6.15. The van der Waals surface area contributed by atoms with Crippen molar-refractivity contribution in [2.45, 2.75) is 53.4 Å². The number of hydrogen-bond acceptors (Lipinski definition) is 5. The summed E-state index contributed by atoms with van der Waals surface area (Å²) in [5, 5.41) is 33.8. The largest absolute Gasteiger partial charge is 0.508 e. The quantitative estimate of drug-likeness (QED) is 0.194. The van der Waals surface area contributed by atoms with Crippen LogP contribution in [0, 0.1) is 0 Å². The number of phenolic OH excluding ortho intramolecular Hbond substituents is 3. The summed E-state index contributed by atoms with van der Waals surface area (Å²) in [5.41, 5.74) is 4.97. The minimum absolute atomic E-state index is 0.0930. The van der Waals surface area contributed by atoms with E-state index in [9.17, 15) is 20.1 Å². The Balaban J connectivity index is 1.80. The molecule has 34 heavy (non-hydrogen) atoms. The molecule has 0 saturated heterocycles. The van der Waals surface area contributed by atoms with Crippen molar-refractivity contribution in [2.24, 2.45) is 0 Å². The van der Waals surface area contributed by atoms with Crippen molar-refractivity contribution in [2.75, 3.05) is 16.8 Å². The number of carbonyl (C=O) groups is 1. The van der Waals surface area contributed by atoms with E-state index in [-0.39, 0.29) is 46.6 Å². The predicted octanol–water partition coefficient (Wildman–Crippen LogP) is 6.93. The molecule has 1 aliphatic rings. The highest BCUT2D eigenvalue weighted by Crippen LogP contribution is 2.45. The lowest BCUT2D eigenvalue weighted by Gasteiger charge is -2.22. The molecule has 180 valence electrons. The van der Waals surface area contributed by atoms with Gasteiger partial charge in [-0.2, -0.15) is 0 Å². The Morgan fingerprint density at radius 2 is 1.56 bits per heavy atom. The molecule has 0 bridgehead atoms. The minimum Gasteiger partial charge on any atom is -0.508 e. The van der Waals surface area contributed by atoms with Gasteiger partial charge in [-0.3, -0.25) is 4.79 Å². The third kappa shape index (κ3) is 6.01. The molecule has 6 nitrogen and oxygen atoms in total. The Morgan fingerprint density at radius 1 is 0.882 bits per heavy atom. The van der Waals surface area contributed by atoms with Gasteiger partial charge in [0.2, 0.25) is 0 Å². The molecule has 0 atom stereocenters. The maximum atomic E-state index is 13.4. The Morgan fingerprint density at radius 3 is 2.26 bits per heavy atom. The van der Waals surface area contributed by atoms with Crippen molar-refractivity contribution in [3.8, 4) is 17.2 Å². The number of nitrogens with zero attached hydrogens (tertiary/aromatic N) is 1. The van der Waals surface area contributed by atoms with E-state index in [0.29, 0.717) is 5.69 Å². The van der Waals surface area contributed by atoms with E-state index in [2.05, 4.69) is 38.2 Å². The van der Waals surface area contributed by atoms with Crippen LogP contribution in [0.25, 0.3) is 0 Å². The van der Waals surface area contributed by atoms with Crippen LogP contribution in [-0.4, -0.2) is 27.8 Å². The van der Waals surface area contributed by atoms with E-state index in [1.807, 2.05) is 13.0 Å². The average Bonchev–Trinajstić information content (AvgIpc) is 2.87. The lowest BCUT2D eigenvalue weighted by atomic mass is 10.1. The number of benzene rings is 2. The smallest absolute Gasteiger partial charge is 0.260 e. The molecule has 6 heteroatoms. The standard InChI is InChI=1S/C28H34N2O4/c1-18(2)8-5-9-19(3)10-6-11-20(4)14-15-30-23-16-21(31)17-25(33)27(23)29-26-22(28(30)34)12-7-13-24(26)32/h7-8,10,12-14,16-17,29,31-33H,5-6,9,11,15H2,1-4H3. The number of para-hydroxylation sites is 1. The summed E-state index contributed by atoms with van der Waals surface area (Å²) >= 11 is 0. The number of anilines is 3. The van der Waals surface area contributed by atoms with Crippen LogP contribution >= 0.6 is 0 Å². The summed E-state index contributed by atoms with van der Waals surface area (Å²) in [6.07, 6.45) is 10.4. The van der Waals surface area contributed by atoms with E-state index >= 15 is 0 Å². The van der Waals surface area contributed by atoms with Crippen molar-refractivity contribution < 1.29 is 20.1 Å². The zero-order valence-electron chi connectivity index (χ0n) is 20.4. The molecule has 0 aliphatic carbocycles. The number of carbonyl (C=O) groups excluding carboxylic acids is 1. The second kappa shape index (κ2) is 11.0. The van der Waals surface area contributed by atoms with Gasteiger partial charge in [0.05, 0.1) is 16.9 Å². The molecule has 0 spiro atoms. The SMILES string of the molecule is CC(C)=CCCC(C)=CCCC(C)=CCN1C(=O)c2cccc(O)c2Nc2c(O)cc(O)cc21. The number of aromatic hydroxyl groups is 3. The van der Waals surface area contributed by atoms with Gasteiger partial charge in [-0.15, -0.1) is 0 Å². The van der Waals surface area contributed by atoms with Gasteiger partial charge in [0.15, 0.2) is 0 Å². The second-order valence-corrected chi connectivity index (χ2v) is 9.06. The summed E-state index contributed by atoms with van der Waals surface area (Å²) in [6.45, 7) is 8.68.